The lowest BCUT2D eigenvalue weighted by Crippen LogP contribution is -2.61. The highest BCUT2D eigenvalue weighted by Crippen LogP contribution is 2.38. The molecule has 0 radical (unpaired) electrons. The molecule has 3 aromatic rings. The number of hydrogen-bond donors (Lipinski definition) is 1. The van der Waals surface area contributed by atoms with E-state index in [0.29, 0.717) is 19.5 Å². The van der Waals surface area contributed by atoms with E-state index in [4.69, 9.17) is 0 Å². The normalized spacial score (nSPS) is 21.1. The molecule has 3 saturated heterocycles. The zero-order chi connectivity index (χ0) is 25.7. The van der Waals surface area contributed by atoms with E-state index in [9.17, 15) is 18.0 Å². The third-order valence-corrected chi connectivity index (χ3v) is 9.77. The topological polar surface area (TPSA) is 97.0 Å². The van der Waals surface area contributed by atoms with Crippen molar-refractivity contribution in [2.24, 2.45) is 0 Å². The summed E-state index contributed by atoms with van der Waals surface area (Å²) < 4.78 is 28.8. The van der Waals surface area contributed by atoms with Crippen LogP contribution in [0, 0.1) is 0 Å². The zero-order valence-electron chi connectivity index (χ0n) is 20.9. The first kappa shape index (κ1) is 24.0. The maximum atomic E-state index is 13.8. The molecule has 1 atom stereocenters. The van der Waals surface area contributed by atoms with Crippen molar-refractivity contribution in [3.63, 3.8) is 0 Å². The van der Waals surface area contributed by atoms with Gasteiger partial charge < -0.3 is 19.7 Å². The van der Waals surface area contributed by atoms with Gasteiger partial charge >= 0.3 is 0 Å². The van der Waals surface area contributed by atoms with E-state index < -0.39 is 16.1 Å². The molecule has 3 aliphatic rings. The Kier molecular flexibility index (Phi) is 5.95. The zero-order valence-corrected chi connectivity index (χ0v) is 21.7. The molecule has 2 aromatic carbocycles. The summed E-state index contributed by atoms with van der Waals surface area (Å²) in [7, 11) is -2.19. The number of carbonyl (C=O) groups is 2. The van der Waals surface area contributed by atoms with E-state index in [-0.39, 0.29) is 29.8 Å². The first-order valence-electron chi connectivity index (χ1n) is 12.8. The highest BCUT2D eigenvalue weighted by Gasteiger charge is 2.45. The van der Waals surface area contributed by atoms with Crippen molar-refractivity contribution in [3.8, 4) is 11.3 Å². The largest absolute Gasteiger partial charge is 0.371 e. The third-order valence-electron chi connectivity index (χ3n) is 7.87. The molecule has 0 spiro atoms. The van der Waals surface area contributed by atoms with Gasteiger partial charge in [0.1, 0.15) is 6.04 Å². The Labute approximate surface area is 216 Å². The number of para-hydroxylation sites is 1. The van der Waals surface area contributed by atoms with Gasteiger partial charge in [-0.1, -0.05) is 18.2 Å². The van der Waals surface area contributed by atoms with Crippen LogP contribution in [-0.4, -0.2) is 91.7 Å². The van der Waals surface area contributed by atoms with E-state index in [2.05, 4.69) is 16.0 Å². The van der Waals surface area contributed by atoms with Crippen molar-refractivity contribution in [3.05, 3.63) is 48.5 Å². The van der Waals surface area contributed by atoms with Crippen LogP contribution in [0.2, 0.25) is 0 Å². The Morgan fingerprint density at radius 3 is 2.46 bits per heavy atom. The molecular weight excluding hydrogens is 490 g/mol. The van der Waals surface area contributed by atoms with Crippen molar-refractivity contribution in [1.29, 1.82) is 0 Å². The Morgan fingerprint density at radius 1 is 0.973 bits per heavy atom. The lowest BCUT2D eigenvalue weighted by atomic mass is 10.1. The summed E-state index contributed by atoms with van der Waals surface area (Å²) in [6.07, 6.45) is 2.68. The van der Waals surface area contributed by atoms with Gasteiger partial charge in [-0.25, -0.2) is 8.42 Å². The number of piperazine rings is 1. The molecule has 0 saturated carbocycles. The number of anilines is 1. The number of nitrogens with zero attached hydrogens (tertiary/aromatic N) is 4. The Bertz CT molecular complexity index is 1440. The van der Waals surface area contributed by atoms with Crippen LogP contribution in [0.15, 0.2) is 53.4 Å². The smallest absolute Gasteiger partial charge is 0.243 e. The summed E-state index contributed by atoms with van der Waals surface area (Å²) in [5.41, 5.74) is 3.71. The number of likely N-dealkylation sites (N-methyl/N-ethyl adjacent to an activating group) is 1. The molecule has 194 valence electrons. The molecule has 3 aliphatic heterocycles. The molecule has 10 heteroatoms. The van der Waals surface area contributed by atoms with Gasteiger partial charge in [-0.15, -0.1) is 0 Å². The van der Waals surface area contributed by atoms with Gasteiger partial charge in [0.05, 0.1) is 11.4 Å². The minimum Gasteiger partial charge on any atom is -0.371 e. The molecule has 2 amide bonds. The maximum Gasteiger partial charge on any atom is 0.243 e. The van der Waals surface area contributed by atoms with E-state index in [1.165, 1.54) is 9.21 Å². The summed E-state index contributed by atoms with van der Waals surface area (Å²) in [6, 6.07) is 14.6. The van der Waals surface area contributed by atoms with Crippen molar-refractivity contribution >= 4 is 38.4 Å². The van der Waals surface area contributed by atoms with Gasteiger partial charge in [-0.2, -0.15) is 4.31 Å². The molecule has 4 heterocycles. The number of carbonyl (C=O) groups excluding carboxylic acids is 2. The molecule has 6 rings (SSSR count). The monoisotopic (exact) mass is 521 g/mol. The second kappa shape index (κ2) is 9.18. The van der Waals surface area contributed by atoms with Crippen molar-refractivity contribution < 1.29 is 18.0 Å². The Morgan fingerprint density at radius 2 is 1.76 bits per heavy atom. The average Bonchev–Trinajstić information content (AvgIpc) is 3.54. The van der Waals surface area contributed by atoms with E-state index in [0.717, 1.165) is 53.8 Å². The van der Waals surface area contributed by atoms with Crippen LogP contribution in [0.25, 0.3) is 22.2 Å². The second-order valence-electron chi connectivity index (χ2n) is 10.1. The fraction of sp³-hybridized carbons (Fsp3) is 0.407. The van der Waals surface area contributed by atoms with E-state index >= 15 is 0 Å². The molecule has 37 heavy (non-hydrogen) atoms. The number of amides is 2. The quantitative estimate of drug-likeness (QED) is 0.557. The first-order chi connectivity index (χ1) is 17.8. The Balaban J connectivity index is 1.33. The summed E-state index contributed by atoms with van der Waals surface area (Å²) in [5.74, 6) is -0.422. The molecular formula is C27H31N5O4S. The number of benzene rings is 2. The maximum absolute atomic E-state index is 13.8. The fourth-order valence-corrected chi connectivity index (χ4v) is 7.19. The first-order valence-corrected chi connectivity index (χ1v) is 14.3. The number of H-pyrrole nitrogens is 1. The number of aromatic nitrogens is 1. The van der Waals surface area contributed by atoms with Crippen LogP contribution in [0.5, 0.6) is 0 Å². The molecule has 0 bridgehead atoms. The van der Waals surface area contributed by atoms with Crippen LogP contribution >= 0.6 is 0 Å². The lowest BCUT2D eigenvalue weighted by molar-refractivity contribution is -0.148. The molecule has 1 N–H and O–H groups in total. The number of sulfonamides is 1. The summed E-state index contributed by atoms with van der Waals surface area (Å²) >= 11 is 0. The van der Waals surface area contributed by atoms with Crippen molar-refractivity contribution in [1.82, 2.24) is 19.1 Å². The van der Waals surface area contributed by atoms with Crippen LogP contribution in [0.3, 0.4) is 0 Å². The predicted octanol–water partition coefficient (Wildman–Crippen LogP) is 2.50. The van der Waals surface area contributed by atoms with Gasteiger partial charge in [0.2, 0.25) is 21.8 Å². The van der Waals surface area contributed by atoms with E-state index in [1.54, 1.807) is 24.1 Å². The van der Waals surface area contributed by atoms with Crippen molar-refractivity contribution in [2.75, 3.05) is 51.2 Å². The van der Waals surface area contributed by atoms with E-state index in [1.807, 2.05) is 30.3 Å². The van der Waals surface area contributed by atoms with Gasteiger partial charge in [-0.05, 0) is 49.6 Å². The fourth-order valence-electron chi connectivity index (χ4n) is 5.53. The highest BCUT2D eigenvalue weighted by molar-refractivity contribution is 7.89. The van der Waals surface area contributed by atoms with Crippen LogP contribution in [-0.2, 0) is 19.6 Å². The molecule has 0 unspecified atom stereocenters. The van der Waals surface area contributed by atoms with Gasteiger partial charge in [0, 0.05) is 67.6 Å². The highest BCUT2D eigenvalue weighted by atomic mass is 32.2. The van der Waals surface area contributed by atoms with Gasteiger partial charge in [-0.3, -0.25) is 9.59 Å². The van der Waals surface area contributed by atoms with Gasteiger partial charge in [0.15, 0.2) is 0 Å². The predicted molar refractivity (Wildman–Crippen MR) is 142 cm³/mol. The van der Waals surface area contributed by atoms with Crippen LogP contribution in [0.1, 0.15) is 19.3 Å². The van der Waals surface area contributed by atoms with Crippen LogP contribution in [0.4, 0.5) is 5.69 Å². The number of nitrogens with one attached hydrogen (secondary N) is 1. The molecule has 0 aliphatic carbocycles. The second-order valence-corrected chi connectivity index (χ2v) is 12.0. The standard InChI is InChI=1S/C27H31N5O4S/c1-29-14-15-31(18-26(29)33)27(34)25-10-13-32(25)37(35,36)20-8-9-24(30-11-4-5-12-30)21(17-20)23-16-19-6-2-3-7-22(19)28-23/h2-3,6-9,16-17,25,28H,4-5,10-15,18H2,1H3/t25-/m0/s1. The minimum absolute atomic E-state index is 0.00517. The molecule has 1 aromatic heterocycles. The summed E-state index contributed by atoms with van der Waals surface area (Å²) in [4.78, 5) is 34.3. The third kappa shape index (κ3) is 4.18. The van der Waals surface area contributed by atoms with Crippen LogP contribution < -0.4 is 4.90 Å². The summed E-state index contributed by atoms with van der Waals surface area (Å²) in [6.45, 7) is 3.03. The number of aromatic amines is 1. The minimum atomic E-state index is -3.90. The van der Waals surface area contributed by atoms with Gasteiger partial charge in [0.25, 0.3) is 0 Å². The SMILES string of the molecule is CN1CCN(C(=O)[C@@H]2CCN2S(=O)(=O)c2ccc(N3CCCC3)c(-c3cc4ccccc4[nH]3)c2)CC1=O. The molecule has 9 nitrogen and oxygen atoms in total. The number of fused-ring (bicyclic) bond motifs is 1. The summed E-state index contributed by atoms with van der Waals surface area (Å²) in [5, 5.41) is 1.06. The van der Waals surface area contributed by atoms with Crippen molar-refractivity contribution in [2.45, 2.75) is 30.2 Å². The average molecular weight is 522 g/mol. The number of hydrogen-bond acceptors (Lipinski definition) is 5. The number of rotatable bonds is 5. The molecule has 3 fully saturated rings. The lowest BCUT2D eigenvalue weighted by Gasteiger charge is -2.42. The Hall–Kier alpha value is -3.37.